The first kappa shape index (κ1) is 11.8. The van der Waals surface area contributed by atoms with Crippen molar-refractivity contribution in [3.05, 3.63) is 21.9 Å². The molecule has 16 heavy (non-hydrogen) atoms. The van der Waals surface area contributed by atoms with Crippen LogP contribution in [0.2, 0.25) is 0 Å². The van der Waals surface area contributed by atoms with E-state index < -0.39 is 0 Å². The fraction of sp³-hybridized carbons (Fsp3) is 0.615. The largest absolute Gasteiger partial charge is 0.300 e. The lowest BCUT2D eigenvalue weighted by atomic mass is 10.1. The Morgan fingerprint density at radius 1 is 1.56 bits per heavy atom. The number of carbonyl (C=O) groups excluding carboxylic acids is 1. The molecular formula is C13H19NOS. The van der Waals surface area contributed by atoms with Gasteiger partial charge in [-0.1, -0.05) is 6.92 Å². The van der Waals surface area contributed by atoms with Gasteiger partial charge in [0.2, 0.25) is 0 Å². The highest BCUT2D eigenvalue weighted by atomic mass is 32.1. The molecule has 1 aromatic rings. The molecule has 0 aliphatic carbocycles. The average molecular weight is 237 g/mol. The van der Waals surface area contributed by atoms with Crippen molar-refractivity contribution in [1.82, 2.24) is 4.90 Å². The highest BCUT2D eigenvalue weighted by Crippen LogP contribution is 2.23. The zero-order chi connectivity index (χ0) is 11.4. The Morgan fingerprint density at radius 2 is 2.44 bits per heavy atom. The predicted molar refractivity (Wildman–Crippen MR) is 67.8 cm³/mol. The molecule has 1 aromatic heterocycles. The van der Waals surface area contributed by atoms with Crippen molar-refractivity contribution in [2.75, 3.05) is 13.1 Å². The van der Waals surface area contributed by atoms with Gasteiger partial charge in [-0.3, -0.25) is 9.69 Å². The minimum absolute atomic E-state index is 0.397. The van der Waals surface area contributed by atoms with Crippen LogP contribution < -0.4 is 0 Å². The molecule has 0 N–H and O–H groups in total. The number of fused-ring (bicyclic) bond motifs is 1. The van der Waals surface area contributed by atoms with Crippen molar-refractivity contribution in [3.8, 4) is 0 Å². The van der Waals surface area contributed by atoms with Gasteiger partial charge < -0.3 is 0 Å². The smallest absolute Gasteiger partial charge is 0.132 e. The maximum absolute atomic E-state index is 11.2. The lowest BCUT2D eigenvalue weighted by Gasteiger charge is -2.26. The second kappa shape index (κ2) is 5.60. The van der Waals surface area contributed by atoms with Gasteiger partial charge in [0.1, 0.15) is 5.78 Å². The summed E-state index contributed by atoms with van der Waals surface area (Å²) in [6.45, 7) is 5.26. The Labute approximate surface area is 101 Å². The number of nitrogens with zero attached hydrogens (tertiary/aromatic N) is 1. The number of ketones is 1. The molecule has 3 heteroatoms. The van der Waals surface area contributed by atoms with Crippen LogP contribution in [0.1, 0.15) is 36.6 Å². The van der Waals surface area contributed by atoms with Gasteiger partial charge in [0.25, 0.3) is 0 Å². The van der Waals surface area contributed by atoms with Gasteiger partial charge in [-0.05, 0) is 36.4 Å². The zero-order valence-electron chi connectivity index (χ0n) is 9.87. The summed E-state index contributed by atoms with van der Waals surface area (Å²) in [6.07, 6.45) is 3.65. The van der Waals surface area contributed by atoms with Crippen molar-refractivity contribution >= 4 is 17.1 Å². The van der Waals surface area contributed by atoms with Crippen LogP contribution >= 0.6 is 11.3 Å². The number of hydrogen-bond donors (Lipinski definition) is 0. The number of Topliss-reactive ketones (excluding diaryl/α,β-unsaturated/α-hetero) is 1. The molecule has 0 unspecified atom stereocenters. The van der Waals surface area contributed by atoms with Gasteiger partial charge in [0, 0.05) is 30.8 Å². The van der Waals surface area contributed by atoms with Gasteiger partial charge in [0.05, 0.1) is 0 Å². The van der Waals surface area contributed by atoms with Crippen LogP contribution in [0.4, 0.5) is 0 Å². The first-order chi connectivity index (χ1) is 7.79. The van der Waals surface area contributed by atoms with Crippen molar-refractivity contribution in [1.29, 1.82) is 0 Å². The van der Waals surface area contributed by atoms with Gasteiger partial charge in [-0.2, -0.15) is 0 Å². The predicted octanol–water partition coefficient (Wildman–Crippen LogP) is 2.87. The topological polar surface area (TPSA) is 20.3 Å². The Balaban J connectivity index is 1.75. The molecule has 0 fully saturated rings. The minimum Gasteiger partial charge on any atom is -0.300 e. The lowest BCUT2D eigenvalue weighted by Crippen LogP contribution is -2.30. The number of hydrogen-bond acceptors (Lipinski definition) is 3. The summed E-state index contributed by atoms with van der Waals surface area (Å²) >= 11 is 1.88. The molecule has 0 atom stereocenters. The van der Waals surface area contributed by atoms with Crippen LogP contribution in [0.5, 0.6) is 0 Å². The Kier molecular flexibility index (Phi) is 4.13. The highest BCUT2D eigenvalue weighted by Gasteiger charge is 2.16. The molecule has 0 amide bonds. The average Bonchev–Trinajstić information content (AvgIpc) is 2.76. The van der Waals surface area contributed by atoms with Gasteiger partial charge in [-0.15, -0.1) is 11.3 Å². The van der Waals surface area contributed by atoms with Crippen LogP contribution in [-0.2, 0) is 17.8 Å². The molecule has 1 aliphatic heterocycles. The van der Waals surface area contributed by atoms with Crippen LogP contribution in [0.15, 0.2) is 11.4 Å². The zero-order valence-corrected chi connectivity index (χ0v) is 10.7. The SMILES string of the molecule is CCC(=O)CCCN1CCc2sccc2C1. The molecule has 88 valence electrons. The molecule has 0 spiro atoms. The van der Waals surface area contributed by atoms with Crippen LogP contribution in [0, 0.1) is 0 Å². The van der Waals surface area contributed by atoms with E-state index >= 15 is 0 Å². The van der Waals surface area contributed by atoms with Gasteiger partial charge in [0.15, 0.2) is 0 Å². The molecule has 0 saturated carbocycles. The van der Waals surface area contributed by atoms with Crippen molar-refractivity contribution in [2.24, 2.45) is 0 Å². The van der Waals surface area contributed by atoms with Gasteiger partial charge in [-0.25, -0.2) is 0 Å². The molecular weight excluding hydrogens is 218 g/mol. The second-order valence-corrected chi connectivity index (χ2v) is 5.39. The summed E-state index contributed by atoms with van der Waals surface area (Å²) in [6, 6.07) is 2.24. The number of rotatable bonds is 5. The third-order valence-electron chi connectivity index (χ3n) is 3.21. The molecule has 0 aromatic carbocycles. The van der Waals surface area contributed by atoms with Crippen LogP contribution in [-0.4, -0.2) is 23.8 Å². The van der Waals surface area contributed by atoms with E-state index in [9.17, 15) is 4.79 Å². The summed E-state index contributed by atoms with van der Waals surface area (Å²) in [4.78, 5) is 15.2. The maximum atomic E-state index is 11.2. The van der Waals surface area contributed by atoms with E-state index in [1.807, 2.05) is 18.3 Å². The molecule has 0 radical (unpaired) electrons. The first-order valence-corrected chi connectivity index (χ1v) is 6.97. The Morgan fingerprint density at radius 3 is 3.25 bits per heavy atom. The van der Waals surface area contributed by atoms with E-state index in [2.05, 4.69) is 16.3 Å². The maximum Gasteiger partial charge on any atom is 0.132 e. The van der Waals surface area contributed by atoms with Crippen molar-refractivity contribution in [3.63, 3.8) is 0 Å². The normalized spacial score (nSPS) is 16.1. The van der Waals surface area contributed by atoms with Crippen LogP contribution in [0.25, 0.3) is 0 Å². The monoisotopic (exact) mass is 237 g/mol. The number of carbonyl (C=O) groups is 1. The molecule has 2 rings (SSSR count). The highest BCUT2D eigenvalue weighted by molar-refractivity contribution is 7.10. The number of thiophene rings is 1. The Bertz CT molecular complexity index is 359. The van der Waals surface area contributed by atoms with Crippen molar-refractivity contribution in [2.45, 2.75) is 39.2 Å². The second-order valence-electron chi connectivity index (χ2n) is 4.39. The standard InChI is InChI=1S/C13H19NOS/c1-2-12(15)4-3-7-14-8-5-13-11(10-14)6-9-16-13/h6,9H,2-5,7-8,10H2,1H3. The summed E-state index contributed by atoms with van der Waals surface area (Å²) in [5.74, 6) is 0.397. The lowest BCUT2D eigenvalue weighted by molar-refractivity contribution is -0.118. The van der Waals surface area contributed by atoms with E-state index in [4.69, 9.17) is 0 Å². The summed E-state index contributed by atoms with van der Waals surface area (Å²) in [7, 11) is 0. The molecule has 0 saturated heterocycles. The third-order valence-corrected chi connectivity index (χ3v) is 4.23. The Hall–Kier alpha value is -0.670. The third kappa shape index (κ3) is 2.92. The first-order valence-electron chi connectivity index (χ1n) is 6.09. The summed E-state index contributed by atoms with van der Waals surface area (Å²) in [5, 5.41) is 2.19. The minimum atomic E-state index is 0.397. The van der Waals surface area contributed by atoms with E-state index in [1.165, 1.54) is 12.0 Å². The van der Waals surface area contributed by atoms with E-state index in [-0.39, 0.29) is 0 Å². The van der Waals surface area contributed by atoms with E-state index in [0.29, 0.717) is 12.2 Å². The molecule has 0 bridgehead atoms. The molecule has 2 heterocycles. The fourth-order valence-corrected chi connectivity index (χ4v) is 3.06. The molecule has 1 aliphatic rings. The van der Waals surface area contributed by atoms with Gasteiger partial charge >= 0.3 is 0 Å². The quantitative estimate of drug-likeness (QED) is 0.785. The van der Waals surface area contributed by atoms with E-state index in [0.717, 1.165) is 32.5 Å². The fourth-order valence-electron chi connectivity index (χ4n) is 2.17. The summed E-state index contributed by atoms with van der Waals surface area (Å²) in [5.41, 5.74) is 1.50. The molecule has 2 nitrogen and oxygen atoms in total. The van der Waals surface area contributed by atoms with Crippen molar-refractivity contribution < 1.29 is 4.79 Å². The van der Waals surface area contributed by atoms with Crippen LogP contribution in [0.3, 0.4) is 0 Å². The van der Waals surface area contributed by atoms with E-state index in [1.54, 1.807) is 4.88 Å². The summed E-state index contributed by atoms with van der Waals surface area (Å²) < 4.78 is 0.